The first-order chi connectivity index (χ1) is 14.2. The molecule has 0 radical (unpaired) electrons. The van der Waals surface area contributed by atoms with E-state index in [2.05, 4.69) is 4.98 Å². The number of halogens is 1. The highest BCUT2D eigenvalue weighted by Crippen LogP contribution is 2.31. The molecule has 0 saturated heterocycles. The minimum atomic E-state index is -1.42. The largest absolute Gasteiger partial charge is 0.461 e. The van der Waals surface area contributed by atoms with E-state index in [1.807, 2.05) is 31.5 Å². The van der Waals surface area contributed by atoms with Crippen LogP contribution in [0.1, 0.15) is 57.4 Å². The lowest BCUT2D eigenvalue weighted by Crippen LogP contribution is -2.17. The smallest absolute Gasteiger partial charge is 0.235 e. The van der Waals surface area contributed by atoms with Crippen molar-refractivity contribution in [3.05, 3.63) is 42.1 Å². The van der Waals surface area contributed by atoms with E-state index >= 15 is 0 Å². The van der Waals surface area contributed by atoms with Crippen molar-refractivity contribution in [2.45, 2.75) is 59.5 Å². The molecule has 1 aromatic carbocycles. The third-order valence-corrected chi connectivity index (χ3v) is 5.09. The van der Waals surface area contributed by atoms with Crippen molar-refractivity contribution >= 4 is 16.8 Å². The fraction of sp³-hybridized carbons (Fsp3) is 0.435. The summed E-state index contributed by atoms with van der Waals surface area (Å²) in [6.45, 7) is 8.86. The predicted octanol–water partition coefficient (Wildman–Crippen LogP) is 4.96. The average molecular weight is 413 g/mol. The SMILES string of the molecule is CC(F)Oc1cccc(-c2nn(C(C)C)c3cc(C(=O)C[C@H](C)[C@@H](C)O)cnc23)c1. The Hall–Kier alpha value is -2.80. The Labute approximate surface area is 175 Å². The van der Waals surface area contributed by atoms with E-state index in [1.54, 1.807) is 37.4 Å². The Morgan fingerprint density at radius 1 is 1.20 bits per heavy atom. The number of ether oxygens (including phenoxy) is 1. The molecule has 160 valence electrons. The average Bonchev–Trinajstić information content (AvgIpc) is 3.06. The van der Waals surface area contributed by atoms with Gasteiger partial charge in [-0.05, 0) is 44.9 Å². The molecule has 3 atom stereocenters. The number of nitrogens with zero attached hydrogens (tertiary/aromatic N) is 3. The van der Waals surface area contributed by atoms with Gasteiger partial charge in [-0.3, -0.25) is 14.5 Å². The van der Waals surface area contributed by atoms with Gasteiger partial charge in [0.2, 0.25) is 6.36 Å². The normalized spacial score (nSPS) is 14.7. The van der Waals surface area contributed by atoms with Gasteiger partial charge >= 0.3 is 0 Å². The number of fused-ring (bicyclic) bond motifs is 1. The van der Waals surface area contributed by atoms with Crippen LogP contribution in [0.3, 0.4) is 0 Å². The summed E-state index contributed by atoms with van der Waals surface area (Å²) in [7, 11) is 0. The number of carbonyl (C=O) groups excluding carboxylic acids is 1. The van der Waals surface area contributed by atoms with Gasteiger partial charge in [0.1, 0.15) is 17.0 Å². The van der Waals surface area contributed by atoms with Crippen LogP contribution in [0.2, 0.25) is 0 Å². The molecular weight excluding hydrogens is 385 g/mol. The van der Waals surface area contributed by atoms with Gasteiger partial charge in [0.05, 0.1) is 11.6 Å². The van der Waals surface area contributed by atoms with Crippen LogP contribution < -0.4 is 4.74 Å². The van der Waals surface area contributed by atoms with Crippen LogP contribution in [0, 0.1) is 5.92 Å². The summed E-state index contributed by atoms with van der Waals surface area (Å²) < 4.78 is 20.2. The van der Waals surface area contributed by atoms with Crippen molar-refractivity contribution in [3.63, 3.8) is 0 Å². The molecule has 3 rings (SSSR count). The molecular formula is C23H28FN3O3. The molecule has 0 bridgehead atoms. The summed E-state index contributed by atoms with van der Waals surface area (Å²) >= 11 is 0. The van der Waals surface area contributed by atoms with Gasteiger partial charge in [-0.15, -0.1) is 0 Å². The van der Waals surface area contributed by atoms with Crippen molar-refractivity contribution in [3.8, 4) is 17.0 Å². The zero-order chi connectivity index (χ0) is 22.0. The Morgan fingerprint density at radius 2 is 1.93 bits per heavy atom. The number of aromatic nitrogens is 3. The Bertz CT molecular complexity index is 1040. The molecule has 30 heavy (non-hydrogen) atoms. The molecule has 0 aliphatic rings. The van der Waals surface area contributed by atoms with E-state index < -0.39 is 12.5 Å². The Kier molecular flexibility index (Phi) is 6.51. The molecule has 0 saturated carbocycles. The number of ketones is 1. The molecule has 0 fully saturated rings. The number of rotatable bonds is 8. The van der Waals surface area contributed by atoms with Gasteiger partial charge in [0, 0.05) is 36.7 Å². The summed E-state index contributed by atoms with van der Waals surface area (Å²) in [4.78, 5) is 17.2. The highest BCUT2D eigenvalue weighted by Gasteiger charge is 2.20. The van der Waals surface area contributed by atoms with Crippen molar-refractivity contribution in [1.82, 2.24) is 14.8 Å². The van der Waals surface area contributed by atoms with Crippen LogP contribution in [0.25, 0.3) is 22.3 Å². The van der Waals surface area contributed by atoms with E-state index in [1.165, 1.54) is 6.92 Å². The van der Waals surface area contributed by atoms with E-state index in [9.17, 15) is 14.3 Å². The lowest BCUT2D eigenvalue weighted by atomic mass is 9.96. The third kappa shape index (κ3) is 4.67. The summed E-state index contributed by atoms with van der Waals surface area (Å²) in [5.74, 6) is 0.205. The maximum absolute atomic E-state index is 13.2. The van der Waals surface area contributed by atoms with E-state index in [0.717, 1.165) is 11.1 Å². The van der Waals surface area contributed by atoms with Crippen molar-refractivity contribution in [2.24, 2.45) is 5.92 Å². The quantitative estimate of drug-likeness (QED) is 0.528. The molecule has 0 aliphatic carbocycles. The highest BCUT2D eigenvalue weighted by molar-refractivity contribution is 6.00. The maximum Gasteiger partial charge on any atom is 0.235 e. The van der Waals surface area contributed by atoms with Crippen LogP contribution >= 0.6 is 0 Å². The van der Waals surface area contributed by atoms with Gasteiger partial charge < -0.3 is 9.84 Å². The molecule has 6 nitrogen and oxygen atoms in total. The van der Waals surface area contributed by atoms with Crippen LogP contribution in [0.4, 0.5) is 4.39 Å². The Balaban J connectivity index is 2.05. The number of carbonyl (C=O) groups is 1. The number of benzene rings is 1. The zero-order valence-electron chi connectivity index (χ0n) is 18.0. The number of aliphatic hydroxyl groups is 1. The molecule has 1 unspecified atom stereocenters. The van der Waals surface area contributed by atoms with Crippen molar-refractivity contribution < 1.29 is 19.0 Å². The minimum absolute atomic E-state index is 0.0510. The summed E-state index contributed by atoms with van der Waals surface area (Å²) in [5, 5.41) is 14.4. The van der Waals surface area contributed by atoms with E-state index in [4.69, 9.17) is 9.84 Å². The zero-order valence-corrected chi connectivity index (χ0v) is 18.0. The summed E-state index contributed by atoms with van der Waals surface area (Å²) in [5.41, 5.74) is 3.31. The number of Topliss-reactive ketones (excluding diaryl/α,β-unsaturated/α-hetero) is 1. The minimum Gasteiger partial charge on any atom is -0.461 e. The predicted molar refractivity (Wildman–Crippen MR) is 114 cm³/mol. The molecule has 0 aliphatic heterocycles. The van der Waals surface area contributed by atoms with Gasteiger partial charge in [0.15, 0.2) is 5.78 Å². The highest BCUT2D eigenvalue weighted by atomic mass is 19.1. The van der Waals surface area contributed by atoms with Gasteiger partial charge in [-0.1, -0.05) is 19.1 Å². The van der Waals surface area contributed by atoms with Gasteiger partial charge in [0.25, 0.3) is 0 Å². The molecule has 1 N–H and O–H groups in total. The van der Waals surface area contributed by atoms with Crippen molar-refractivity contribution in [2.75, 3.05) is 0 Å². The second-order valence-electron chi connectivity index (χ2n) is 8.01. The number of pyridine rings is 1. The first-order valence-electron chi connectivity index (χ1n) is 10.2. The summed E-state index contributed by atoms with van der Waals surface area (Å²) in [6.07, 6.45) is -0.172. The molecule has 0 amide bonds. The van der Waals surface area contributed by atoms with Crippen LogP contribution in [-0.4, -0.2) is 38.1 Å². The molecule has 2 aromatic heterocycles. The molecule has 2 heterocycles. The lowest BCUT2D eigenvalue weighted by Gasteiger charge is -2.13. The second-order valence-corrected chi connectivity index (χ2v) is 8.01. The van der Waals surface area contributed by atoms with Crippen molar-refractivity contribution in [1.29, 1.82) is 0 Å². The van der Waals surface area contributed by atoms with Gasteiger partial charge in [-0.25, -0.2) is 4.39 Å². The number of aliphatic hydroxyl groups excluding tert-OH is 1. The first kappa shape index (κ1) is 21.9. The third-order valence-electron chi connectivity index (χ3n) is 5.09. The standard InChI is InChI=1S/C23H28FN3O3/c1-13(2)27-20-11-18(21(29)9-14(3)15(4)28)12-25-23(20)22(26-27)17-7-6-8-19(10-17)30-16(5)24/h6-8,10-16,28H,9H2,1-5H3/t14-,15+,16?/m0/s1. The summed E-state index contributed by atoms with van der Waals surface area (Å²) in [6, 6.07) is 8.92. The van der Waals surface area contributed by atoms with Crippen LogP contribution in [-0.2, 0) is 0 Å². The fourth-order valence-corrected chi connectivity index (χ4v) is 3.24. The lowest BCUT2D eigenvalue weighted by molar-refractivity contribution is 0.0859. The number of alkyl halides is 1. The molecule has 3 aromatic rings. The fourth-order valence-electron chi connectivity index (χ4n) is 3.24. The number of hydrogen-bond acceptors (Lipinski definition) is 5. The topological polar surface area (TPSA) is 77.2 Å². The van der Waals surface area contributed by atoms with Crippen LogP contribution in [0.5, 0.6) is 5.75 Å². The molecule has 7 heteroatoms. The maximum atomic E-state index is 13.2. The second kappa shape index (κ2) is 8.92. The van der Waals surface area contributed by atoms with Crippen LogP contribution in [0.15, 0.2) is 36.5 Å². The molecule has 0 spiro atoms. The van der Waals surface area contributed by atoms with Gasteiger partial charge in [-0.2, -0.15) is 5.10 Å². The van der Waals surface area contributed by atoms with E-state index in [0.29, 0.717) is 22.5 Å². The number of hydrogen-bond donors (Lipinski definition) is 1. The van der Waals surface area contributed by atoms with E-state index in [-0.39, 0.29) is 24.2 Å². The Morgan fingerprint density at radius 3 is 2.57 bits per heavy atom. The monoisotopic (exact) mass is 413 g/mol. The first-order valence-corrected chi connectivity index (χ1v) is 10.2.